The number of thiophene rings is 1. The fourth-order valence-corrected chi connectivity index (χ4v) is 1.40. The molecule has 0 aliphatic heterocycles. The van der Waals surface area contributed by atoms with E-state index in [0.29, 0.717) is 0 Å². The summed E-state index contributed by atoms with van der Waals surface area (Å²) in [6, 6.07) is 0. The molecule has 0 atom stereocenters. The van der Waals surface area contributed by atoms with Gasteiger partial charge < -0.3 is 5.73 Å². The van der Waals surface area contributed by atoms with Gasteiger partial charge in [0.05, 0.1) is 10.0 Å². The molecule has 8 heavy (non-hydrogen) atoms. The van der Waals surface area contributed by atoms with Crippen LogP contribution >= 0.6 is 22.9 Å². The van der Waals surface area contributed by atoms with Crippen LogP contribution < -0.4 is 5.73 Å². The van der Waals surface area contributed by atoms with Crippen molar-refractivity contribution in [1.29, 1.82) is 0 Å². The Morgan fingerprint density at radius 1 is 1.75 bits per heavy atom. The molecule has 3 heteroatoms. The zero-order chi connectivity index (χ0) is 6.15. The predicted molar refractivity (Wildman–Crippen MR) is 38.5 cm³/mol. The molecule has 0 aliphatic rings. The number of hydrogen-bond donors (Lipinski definition) is 1. The van der Waals surface area contributed by atoms with Crippen LogP contribution in [0.3, 0.4) is 0 Å². The Morgan fingerprint density at radius 3 is 2.50 bits per heavy atom. The normalized spacial score (nSPS) is 9.75. The summed E-state index contributed by atoms with van der Waals surface area (Å²) in [6.07, 6.45) is 0. The van der Waals surface area contributed by atoms with E-state index in [2.05, 4.69) is 0 Å². The Balaban J connectivity index is 3.19. The van der Waals surface area contributed by atoms with E-state index in [1.54, 1.807) is 0 Å². The van der Waals surface area contributed by atoms with Gasteiger partial charge >= 0.3 is 0 Å². The van der Waals surface area contributed by atoms with Crippen LogP contribution in [0.25, 0.3) is 0 Å². The minimum atomic E-state index is 0.771. The maximum absolute atomic E-state index is 5.66. The van der Waals surface area contributed by atoms with Gasteiger partial charge in [0.25, 0.3) is 0 Å². The molecule has 1 aromatic heterocycles. The number of halogens is 1. The highest BCUT2D eigenvalue weighted by atomic mass is 35.5. The highest BCUT2D eigenvalue weighted by Crippen LogP contribution is 2.27. The van der Waals surface area contributed by atoms with Crippen molar-refractivity contribution in [3.8, 4) is 0 Å². The van der Waals surface area contributed by atoms with Crippen LogP contribution in [0.2, 0.25) is 5.02 Å². The third-order valence-electron chi connectivity index (χ3n) is 1.02. The third kappa shape index (κ3) is 0.812. The topological polar surface area (TPSA) is 26.0 Å². The first-order valence-corrected chi connectivity index (χ1v) is 3.46. The lowest BCUT2D eigenvalue weighted by atomic mass is 10.4. The zero-order valence-electron chi connectivity index (χ0n) is 4.44. The van der Waals surface area contributed by atoms with Gasteiger partial charge in [0.15, 0.2) is 0 Å². The fourth-order valence-electron chi connectivity index (χ4n) is 0.410. The summed E-state index contributed by atoms with van der Waals surface area (Å²) < 4.78 is 0. The van der Waals surface area contributed by atoms with E-state index >= 15 is 0 Å². The molecule has 0 aliphatic carbocycles. The van der Waals surface area contributed by atoms with Gasteiger partial charge in [0, 0.05) is 10.9 Å². The summed E-state index contributed by atoms with van der Waals surface area (Å²) in [5.41, 5.74) is 6.47. The van der Waals surface area contributed by atoms with Gasteiger partial charge in [-0.2, -0.15) is 0 Å². The van der Waals surface area contributed by atoms with E-state index in [1.807, 2.05) is 12.3 Å². The second kappa shape index (κ2) is 1.96. The van der Waals surface area contributed by atoms with Crippen molar-refractivity contribution in [1.82, 2.24) is 0 Å². The molecule has 0 bridgehead atoms. The quantitative estimate of drug-likeness (QED) is 0.599. The smallest absolute Gasteiger partial charge is 0.0901 e. The monoisotopic (exact) mass is 147 g/mol. The van der Waals surface area contributed by atoms with Gasteiger partial charge in [-0.15, -0.1) is 11.3 Å². The standard InChI is InChI=1S/C5H6ClNS/c1-3-4(6)2-8-5(3)7/h2H,7H2,1H3. The molecule has 44 valence electrons. The summed E-state index contributed by atoms with van der Waals surface area (Å²) >= 11 is 7.14. The van der Waals surface area contributed by atoms with Crippen LogP contribution in [-0.2, 0) is 0 Å². The van der Waals surface area contributed by atoms with Crippen LogP contribution in [0.15, 0.2) is 5.38 Å². The van der Waals surface area contributed by atoms with E-state index in [9.17, 15) is 0 Å². The Bertz CT molecular complexity index is 175. The predicted octanol–water partition coefficient (Wildman–Crippen LogP) is 2.29. The second-order valence-corrected chi connectivity index (χ2v) is 2.89. The minimum Gasteiger partial charge on any atom is -0.390 e. The lowest BCUT2D eigenvalue weighted by molar-refractivity contribution is 1.55. The second-order valence-electron chi connectivity index (χ2n) is 1.57. The number of nitrogens with two attached hydrogens (primary N) is 1. The molecular formula is C5H6ClNS. The van der Waals surface area contributed by atoms with Crippen molar-refractivity contribution in [2.45, 2.75) is 6.92 Å². The van der Waals surface area contributed by atoms with E-state index < -0.39 is 0 Å². The van der Waals surface area contributed by atoms with Gasteiger partial charge in [-0.25, -0.2) is 0 Å². The summed E-state index contributed by atoms with van der Waals surface area (Å²) in [6.45, 7) is 1.91. The number of anilines is 1. The molecule has 0 saturated carbocycles. The molecule has 0 aromatic carbocycles. The molecule has 0 amide bonds. The SMILES string of the molecule is Cc1c(Cl)csc1N. The molecular weight excluding hydrogens is 142 g/mol. The number of rotatable bonds is 0. The van der Waals surface area contributed by atoms with Crippen molar-refractivity contribution in [2.75, 3.05) is 5.73 Å². The molecule has 2 N–H and O–H groups in total. The maximum atomic E-state index is 5.66. The highest BCUT2D eigenvalue weighted by Gasteiger charge is 1.98. The van der Waals surface area contributed by atoms with Gasteiger partial charge in [-0.05, 0) is 6.92 Å². The average Bonchev–Trinajstić information content (AvgIpc) is 1.98. The molecule has 1 heterocycles. The van der Waals surface area contributed by atoms with Crippen LogP contribution in [0.5, 0.6) is 0 Å². The lowest BCUT2D eigenvalue weighted by Crippen LogP contribution is -1.79. The molecule has 0 radical (unpaired) electrons. The van der Waals surface area contributed by atoms with Crippen molar-refractivity contribution in [3.05, 3.63) is 16.0 Å². The van der Waals surface area contributed by atoms with Crippen molar-refractivity contribution in [2.24, 2.45) is 0 Å². The molecule has 0 saturated heterocycles. The first-order chi connectivity index (χ1) is 3.72. The Hall–Kier alpha value is -0.210. The molecule has 0 fully saturated rings. The number of hydrogen-bond acceptors (Lipinski definition) is 2. The third-order valence-corrected chi connectivity index (χ3v) is 2.45. The summed E-state index contributed by atoms with van der Waals surface area (Å²) in [7, 11) is 0. The van der Waals surface area contributed by atoms with Gasteiger partial charge in [-0.1, -0.05) is 11.6 Å². The van der Waals surface area contributed by atoms with E-state index in [-0.39, 0.29) is 0 Å². The van der Waals surface area contributed by atoms with Gasteiger partial charge in [0.2, 0.25) is 0 Å². The van der Waals surface area contributed by atoms with E-state index in [0.717, 1.165) is 15.6 Å². The van der Waals surface area contributed by atoms with Gasteiger partial charge in [-0.3, -0.25) is 0 Å². The molecule has 1 aromatic rings. The van der Waals surface area contributed by atoms with E-state index in [4.69, 9.17) is 17.3 Å². The van der Waals surface area contributed by atoms with Gasteiger partial charge in [0.1, 0.15) is 0 Å². The first kappa shape index (κ1) is 5.92. The number of nitrogen functional groups attached to an aromatic ring is 1. The highest BCUT2D eigenvalue weighted by molar-refractivity contribution is 7.14. The van der Waals surface area contributed by atoms with E-state index in [1.165, 1.54) is 11.3 Å². The first-order valence-electron chi connectivity index (χ1n) is 2.21. The Kier molecular flexibility index (Phi) is 1.45. The van der Waals surface area contributed by atoms with Crippen molar-refractivity contribution in [3.63, 3.8) is 0 Å². The van der Waals surface area contributed by atoms with Crippen LogP contribution in [0.4, 0.5) is 5.00 Å². The maximum Gasteiger partial charge on any atom is 0.0901 e. The summed E-state index contributed by atoms with van der Waals surface area (Å²) in [5, 5.41) is 3.43. The van der Waals surface area contributed by atoms with Crippen LogP contribution in [-0.4, -0.2) is 0 Å². The zero-order valence-corrected chi connectivity index (χ0v) is 6.01. The van der Waals surface area contributed by atoms with Crippen molar-refractivity contribution < 1.29 is 0 Å². The summed E-state index contributed by atoms with van der Waals surface area (Å²) in [5.74, 6) is 0. The lowest BCUT2D eigenvalue weighted by Gasteiger charge is -1.84. The largest absolute Gasteiger partial charge is 0.390 e. The molecule has 0 spiro atoms. The minimum absolute atomic E-state index is 0.771. The fraction of sp³-hybridized carbons (Fsp3) is 0.200. The molecule has 0 unspecified atom stereocenters. The van der Waals surface area contributed by atoms with Crippen molar-refractivity contribution >= 4 is 27.9 Å². The summed E-state index contributed by atoms with van der Waals surface area (Å²) in [4.78, 5) is 0. The van der Waals surface area contributed by atoms with Crippen LogP contribution in [0, 0.1) is 6.92 Å². The average molecular weight is 148 g/mol. The Morgan fingerprint density at radius 2 is 2.38 bits per heavy atom. The Labute approximate surface area is 57.1 Å². The molecule has 1 rings (SSSR count). The molecule has 1 nitrogen and oxygen atoms in total. The van der Waals surface area contributed by atoms with Crippen LogP contribution in [0.1, 0.15) is 5.56 Å².